The third kappa shape index (κ3) is 5.38. The van der Waals surface area contributed by atoms with Crippen LogP contribution in [0.4, 0.5) is 16.3 Å². The fraction of sp³-hybridized carbons (Fsp3) is 0.476. The summed E-state index contributed by atoms with van der Waals surface area (Å²) in [4.78, 5) is 23.3. The maximum absolute atomic E-state index is 12.4. The molecule has 1 atom stereocenters. The summed E-state index contributed by atoms with van der Waals surface area (Å²) >= 11 is 6.54. The van der Waals surface area contributed by atoms with Gasteiger partial charge in [-0.15, -0.1) is 0 Å². The minimum Gasteiger partial charge on any atom is -0.378 e. The van der Waals surface area contributed by atoms with Gasteiger partial charge in [-0.3, -0.25) is 10.3 Å². The lowest BCUT2D eigenvalue weighted by molar-refractivity contribution is 0.122. The molecule has 0 radical (unpaired) electrons. The smallest absolute Gasteiger partial charge is 0.320 e. The number of halogens is 1. The summed E-state index contributed by atoms with van der Waals surface area (Å²) in [6, 6.07) is 5.71. The minimum atomic E-state index is -0.268. The molecule has 30 heavy (non-hydrogen) atoms. The molecule has 1 unspecified atom stereocenters. The number of hydrogen-bond donors (Lipinski definition) is 3. The maximum Gasteiger partial charge on any atom is 0.320 e. The molecule has 4 rings (SSSR count). The van der Waals surface area contributed by atoms with E-state index in [0.717, 1.165) is 56.7 Å². The Morgan fingerprint density at radius 2 is 2.10 bits per heavy atom. The molecule has 2 aliphatic heterocycles. The fourth-order valence-corrected chi connectivity index (χ4v) is 4.07. The first kappa shape index (κ1) is 20.8. The number of anilines is 2. The number of nitrogens with one attached hydrogen (secondary N) is 3. The highest BCUT2D eigenvalue weighted by atomic mass is 35.5. The van der Waals surface area contributed by atoms with Crippen LogP contribution in [0.5, 0.6) is 0 Å². The van der Waals surface area contributed by atoms with E-state index >= 15 is 0 Å². The van der Waals surface area contributed by atoms with E-state index in [1.165, 1.54) is 6.20 Å². The van der Waals surface area contributed by atoms with E-state index in [4.69, 9.17) is 16.3 Å². The van der Waals surface area contributed by atoms with E-state index < -0.39 is 0 Å². The summed E-state index contributed by atoms with van der Waals surface area (Å²) in [5, 5.41) is 9.79. The second kappa shape index (κ2) is 10.1. The number of urea groups is 1. The van der Waals surface area contributed by atoms with Crippen molar-refractivity contribution in [2.24, 2.45) is 0 Å². The van der Waals surface area contributed by atoms with E-state index in [2.05, 4.69) is 30.8 Å². The van der Waals surface area contributed by atoms with E-state index in [9.17, 15) is 4.79 Å². The van der Waals surface area contributed by atoms with Gasteiger partial charge < -0.3 is 20.3 Å². The molecule has 2 fully saturated rings. The molecule has 9 heteroatoms. The number of hydrogen-bond acceptors (Lipinski definition) is 6. The molecule has 160 valence electrons. The zero-order valence-corrected chi connectivity index (χ0v) is 17.6. The fourth-order valence-electron chi connectivity index (χ4n) is 3.77. The molecule has 3 heterocycles. The average molecular weight is 431 g/mol. The predicted molar refractivity (Wildman–Crippen MR) is 118 cm³/mol. The lowest BCUT2D eigenvalue weighted by Gasteiger charge is -2.29. The van der Waals surface area contributed by atoms with Crippen LogP contribution in [0.25, 0.3) is 11.3 Å². The molecular formula is C21H27ClN6O2. The summed E-state index contributed by atoms with van der Waals surface area (Å²) in [5.74, 6) is 0.403. The Morgan fingerprint density at radius 1 is 1.23 bits per heavy atom. The molecule has 8 nitrogen and oxygen atoms in total. The Balaban J connectivity index is 1.42. The van der Waals surface area contributed by atoms with Crippen molar-refractivity contribution in [2.45, 2.75) is 25.3 Å². The molecule has 1 aromatic heterocycles. The Hall–Kier alpha value is -2.42. The van der Waals surface area contributed by atoms with Gasteiger partial charge in [0.1, 0.15) is 0 Å². The van der Waals surface area contributed by atoms with Gasteiger partial charge in [0, 0.05) is 31.2 Å². The van der Waals surface area contributed by atoms with Gasteiger partial charge in [0.15, 0.2) is 5.82 Å². The molecule has 3 N–H and O–H groups in total. The molecule has 2 aliphatic rings. The van der Waals surface area contributed by atoms with Crippen LogP contribution in [0.2, 0.25) is 5.02 Å². The average Bonchev–Trinajstić information content (AvgIpc) is 3.03. The molecule has 0 saturated carbocycles. The topological polar surface area (TPSA) is 91.4 Å². The lowest BCUT2D eigenvalue weighted by Crippen LogP contribution is -2.43. The van der Waals surface area contributed by atoms with Gasteiger partial charge in [-0.2, -0.15) is 0 Å². The van der Waals surface area contributed by atoms with Crippen LogP contribution >= 0.6 is 11.6 Å². The number of nitrogens with zero attached hydrogens (tertiary/aromatic N) is 3. The van der Waals surface area contributed by atoms with Gasteiger partial charge in [-0.25, -0.2) is 9.78 Å². The van der Waals surface area contributed by atoms with Gasteiger partial charge in [0.05, 0.1) is 42.0 Å². The third-order valence-corrected chi connectivity index (χ3v) is 5.66. The molecule has 0 spiro atoms. The van der Waals surface area contributed by atoms with Crippen LogP contribution in [-0.2, 0) is 4.74 Å². The summed E-state index contributed by atoms with van der Waals surface area (Å²) in [7, 11) is 0. The van der Waals surface area contributed by atoms with Crippen LogP contribution in [0.3, 0.4) is 0 Å². The largest absolute Gasteiger partial charge is 0.378 e. The van der Waals surface area contributed by atoms with Gasteiger partial charge in [-0.05, 0) is 31.5 Å². The van der Waals surface area contributed by atoms with Crippen molar-refractivity contribution < 1.29 is 9.53 Å². The highest BCUT2D eigenvalue weighted by molar-refractivity contribution is 6.33. The van der Waals surface area contributed by atoms with E-state index in [-0.39, 0.29) is 12.1 Å². The monoisotopic (exact) mass is 430 g/mol. The highest BCUT2D eigenvalue weighted by Gasteiger charge is 2.17. The van der Waals surface area contributed by atoms with Crippen molar-refractivity contribution in [2.75, 3.05) is 49.6 Å². The number of carbonyl (C=O) groups is 1. The highest BCUT2D eigenvalue weighted by Crippen LogP contribution is 2.31. The number of aromatic nitrogens is 2. The number of ether oxygens (including phenoxy) is 1. The number of morpholine rings is 1. The zero-order valence-electron chi connectivity index (χ0n) is 16.9. The van der Waals surface area contributed by atoms with Crippen molar-refractivity contribution >= 4 is 29.1 Å². The van der Waals surface area contributed by atoms with Crippen LogP contribution in [0.15, 0.2) is 30.6 Å². The number of benzene rings is 1. The number of rotatable bonds is 4. The first-order valence-corrected chi connectivity index (χ1v) is 10.8. The van der Waals surface area contributed by atoms with Crippen LogP contribution in [0, 0.1) is 0 Å². The molecule has 2 saturated heterocycles. The molecule has 2 amide bonds. The lowest BCUT2D eigenvalue weighted by atomic mass is 10.1. The predicted octanol–water partition coefficient (Wildman–Crippen LogP) is 2.90. The number of carbonyl (C=O) groups excluding carboxylic acids is 1. The molecule has 0 bridgehead atoms. The Kier molecular flexibility index (Phi) is 6.99. The van der Waals surface area contributed by atoms with E-state index in [0.29, 0.717) is 29.7 Å². The zero-order chi connectivity index (χ0) is 20.8. The van der Waals surface area contributed by atoms with Crippen molar-refractivity contribution in [1.82, 2.24) is 20.6 Å². The van der Waals surface area contributed by atoms with Crippen molar-refractivity contribution in [3.05, 3.63) is 35.6 Å². The second-order valence-corrected chi connectivity index (χ2v) is 7.96. The first-order valence-electron chi connectivity index (χ1n) is 10.4. The van der Waals surface area contributed by atoms with Gasteiger partial charge >= 0.3 is 6.03 Å². The second-order valence-electron chi connectivity index (χ2n) is 7.55. The van der Waals surface area contributed by atoms with Gasteiger partial charge in [0.25, 0.3) is 0 Å². The van der Waals surface area contributed by atoms with Crippen LogP contribution in [-0.4, -0.2) is 61.4 Å². The SMILES string of the molecule is O=C(Nc1cncc(-c2ccc(N3CCOCC3)c(Cl)c2)n1)NC1CCCCNC1. The summed E-state index contributed by atoms with van der Waals surface area (Å²) in [6.07, 6.45) is 6.42. The molecule has 1 aromatic carbocycles. The quantitative estimate of drug-likeness (QED) is 0.690. The van der Waals surface area contributed by atoms with E-state index in [1.807, 2.05) is 18.2 Å². The summed E-state index contributed by atoms with van der Waals surface area (Å²) in [6.45, 7) is 4.84. The van der Waals surface area contributed by atoms with E-state index in [1.54, 1.807) is 6.20 Å². The van der Waals surface area contributed by atoms with Gasteiger partial charge in [0.2, 0.25) is 0 Å². The Labute approximate surface area is 181 Å². The van der Waals surface area contributed by atoms with Crippen molar-refractivity contribution in [1.29, 1.82) is 0 Å². The molecule has 0 aliphatic carbocycles. The summed E-state index contributed by atoms with van der Waals surface area (Å²) in [5.41, 5.74) is 2.49. The van der Waals surface area contributed by atoms with Crippen LogP contribution < -0.4 is 20.9 Å². The summed E-state index contributed by atoms with van der Waals surface area (Å²) < 4.78 is 5.41. The maximum atomic E-state index is 12.4. The normalized spacial score (nSPS) is 19.8. The van der Waals surface area contributed by atoms with Gasteiger partial charge in [-0.1, -0.05) is 24.1 Å². The minimum absolute atomic E-state index is 0.121. The van der Waals surface area contributed by atoms with Crippen LogP contribution in [0.1, 0.15) is 19.3 Å². The Bertz CT molecular complexity index is 866. The third-order valence-electron chi connectivity index (χ3n) is 5.35. The molecular weight excluding hydrogens is 404 g/mol. The Morgan fingerprint density at radius 3 is 2.93 bits per heavy atom. The van der Waals surface area contributed by atoms with Crippen molar-refractivity contribution in [3.8, 4) is 11.3 Å². The first-order chi connectivity index (χ1) is 14.7. The standard InChI is InChI=1S/C21H27ClN6O2/c22-17-11-15(4-5-19(17)28-7-9-30-10-8-28)18-13-24-14-20(26-18)27-21(29)25-16-3-1-2-6-23-12-16/h4-5,11,13-14,16,23H,1-3,6-10,12H2,(H2,25,26,27,29). The van der Waals surface area contributed by atoms with Crippen molar-refractivity contribution in [3.63, 3.8) is 0 Å². The number of amides is 2. The molecule has 2 aromatic rings.